The molecule has 0 aliphatic carbocycles. The Kier molecular flexibility index (Phi) is 6.60. The van der Waals surface area contributed by atoms with Gasteiger partial charge in [0.25, 0.3) is 0 Å². The first-order chi connectivity index (χ1) is 11.0. The molecular formula is C16H16IN3O2S. The molecule has 2 aromatic rings. The van der Waals surface area contributed by atoms with Gasteiger partial charge in [-0.1, -0.05) is 6.07 Å². The Morgan fingerprint density at radius 3 is 2.61 bits per heavy atom. The molecule has 0 unspecified atom stereocenters. The summed E-state index contributed by atoms with van der Waals surface area (Å²) in [6.07, 6.45) is 0. The van der Waals surface area contributed by atoms with Crippen molar-refractivity contribution in [3.05, 3.63) is 57.7 Å². The number of hydrogen-bond acceptors (Lipinski definition) is 3. The van der Waals surface area contributed by atoms with Gasteiger partial charge in [0.15, 0.2) is 5.11 Å². The topological polar surface area (TPSA) is 76.4 Å². The molecule has 0 saturated carbocycles. The van der Waals surface area contributed by atoms with Crippen LogP contribution in [0.5, 0.6) is 5.75 Å². The average Bonchev–Trinajstić information content (AvgIpc) is 2.52. The zero-order chi connectivity index (χ0) is 16.7. The standard InChI is InChI=1S/C16H16IN3O2S/c17-12-2-1-3-14(10-12)22-9-8-19-16(23)20-13-6-4-11(5-7-13)15(18)21/h1-7,10H,8-9H2,(H2,18,21)(H2,19,20,23). The summed E-state index contributed by atoms with van der Waals surface area (Å²) >= 11 is 7.44. The highest BCUT2D eigenvalue weighted by Crippen LogP contribution is 2.14. The van der Waals surface area contributed by atoms with Crippen molar-refractivity contribution in [2.45, 2.75) is 0 Å². The molecule has 1 amide bonds. The molecule has 7 heteroatoms. The van der Waals surface area contributed by atoms with E-state index in [-0.39, 0.29) is 0 Å². The summed E-state index contributed by atoms with van der Waals surface area (Å²) in [6.45, 7) is 1.08. The number of benzene rings is 2. The van der Waals surface area contributed by atoms with Crippen LogP contribution in [0.4, 0.5) is 5.69 Å². The van der Waals surface area contributed by atoms with Crippen LogP contribution < -0.4 is 21.1 Å². The first kappa shape index (κ1) is 17.5. The van der Waals surface area contributed by atoms with E-state index in [2.05, 4.69) is 33.2 Å². The Labute approximate surface area is 153 Å². The van der Waals surface area contributed by atoms with Gasteiger partial charge in [-0.25, -0.2) is 0 Å². The minimum absolute atomic E-state index is 0.454. The highest BCUT2D eigenvalue weighted by atomic mass is 127. The van der Waals surface area contributed by atoms with Crippen LogP contribution in [0.2, 0.25) is 0 Å². The second-order valence-electron chi connectivity index (χ2n) is 4.63. The first-order valence-corrected chi connectivity index (χ1v) is 8.36. The van der Waals surface area contributed by atoms with E-state index in [4.69, 9.17) is 22.7 Å². The van der Waals surface area contributed by atoms with E-state index in [1.54, 1.807) is 24.3 Å². The third kappa shape index (κ3) is 6.03. The molecule has 5 nitrogen and oxygen atoms in total. The normalized spacial score (nSPS) is 9.96. The quantitative estimate of drug-likeness (QED) is 0.365. The summed E-state index contributed by atoms with van der Waals surface area (Å²) in [7, 11) is 0. The van der Waals surface area contributed by atoms with Crippen LogP contribution in [0, 0.1) is 3.57 Å². The van der Waals surface area contributed by atoms with Crippen molar-refractivity contribution in [1.29, 1.82) is 0 Å². The molecule has 0 spiro atoms. The number of halogens is 1. The van der Waals surface area contributed by atoms with Crippen molar-refractivity contribution in [2.75, 3.05) is 18.5 Å². The third-order valence-corrected chi connectivity index (χ3v) is 3.80. The molecule has 0 bridgehead atoms. The summed E-state index contributed by atoms with van der Waals surface area (Å²) in [5, 5.41) is 6.57. The lowest BCUT2D eigenvalue weighted by Gasteiger charge is -2.11. The van der Waals surface area contributed by atoms with Crippen molar-refractivity contribution in [3.63, 3.8) is 0 Å². The monoisotopic (exact) mass is 441 g/mol. The maximum absolute atomic E-state index is 11.0. The van der Waals surface area contributed by atoms with Crippen LogP contribution in [0.3, 0.4) is 0 Å². The lowest BCUT2D eigenvalue weighted by molar-refractivity contribution is 0.100. The number of rotatable bonds is 6. The highest BCUT2D eigenvalue weighted by Gasteiger charge is 2.01. The molecule has 0 atom stereocenters. The predicted molar refractivity (Wildman–Crippen MR) is 104 cm³/mol. The summed E-state index contributed by atoms with van der Waals surface area (Å²) < 4.78 is 6.75. The number of primary amides is 1. The van der Waals surface area contributed by atoms with Crippen molar-refractivity contribution in [1.82, 2.24) is 5.32 Å². The minimum atomic E-state index is -0.454. The molecule has 0 fully saturated rings. The molecule has 0 radical (unpaired) electrons. The summed E-state index contributed by atoms with van der Waals surface area (Å²) in [5.41, 5.74) is 6.43. The maximum atomic E-state index is 11.0. The number of thiocarbonyl (C=S) groups is 1. The number of anilines is 1. The lowest BCUT2D eigenvalue weighted by atomic mass is 10.2. The van der Waals surface area contributed by atoms with E-state index >= 15 is 0 Å². The van der Waals surface area contributed by atoms with Gasteiger partial charge in [0.1, 0.15) is 12.4 Å². The fourth-order valence-electron chi connectivity index (χ4n) is 1.78. The van der Waals surface area contributed by atoms with E-state index in [0.717, 1.165) is 15.0 Å². The van der Waals surface area contributed by atoms with Crippen LogP contribution in [0.15, 0.2) is 48.5 Å². The molecule has 0 aliphatic heterocycles. The number of carbonyl (C=O) groups excluding carboxylic acids is 1. The number of hydrogen-bond donors (Lipinski definition) is 3. The smallest absolute Gasteiger partial charge is 0.248 e. The van der Waals surface area contributed by atoms with Crippen molar-refractivity contribution in [3.8, 4) is 5.75 Å². The number of carbonyl (C=O) groups is 1. The van der Waals surface area contributed by atoms with Gasteiger partial charge in [-0.05, 0) is 77.3 Å². The van der Waals surface area contributed by atoms with E-state index in [1.165, 1.54) is 0 Å². The summed E-state index contributed by atoms with van der Waals surface area (Å²) in [6, 6.07) is 14.6. The number of amides is 1. The number of ether oxygens (including phenoxy) is 1. The van der Waals surface area contributed by atoms with Gasteiger partial charge in [-0.2, -0.15) is 0 Å². The first-order valence-electron chi connectivity index (χ1n) is 6.87. The van der Waals surface area contributed by atoms with Crippen LogP contribution in [0.25, 0.3) is 0 Å². The van der Waals surface area contributed by atoms with Gasteiger partial charge >= 0.3 is 0 Å². The molecule has 23 heavy (non-hydrogen) atoms. The molecule has 0 heterocycles. The molecule has 0 saturated heterocycles. The zero-order valence-corrected chi connectivity index (χ0v) is 15.2. The van der Waals surface area contributed by atoms with Crippen LogP contribution in [-0.4, -0.2) is 24.2 Å². The second-order valence-corrected chi connectivity index (χ2v) is 6.28. The van der Waals surface area contributed by atoms with Crippen LogP contribution in [0.1, 0.15) is 10.4 Å². The summed E-state index contributed by atoms with van der Waals surface area (Å²) in [4.78, 5) is 11.0. The SMILES string of the molecule is NC(=O)c1ccc(NC(=S)NCCOc2cccc(I)c2)cc1. The van der Waals surface area contributed by atoms with E-state index in [9.17, 15) is 4.79 Å². The van der Waals surface area contributed by atoms with Gasteiger partial charge in [-0.15, -0.1) is 0 Å². The van der Waals surface area contributed by atoms with E-state index in [0.29, 0.717) is 23.8 Å². The van der Waals surface area contributed by atoms with Crippen molar-refractivity contribution >= 4 is 51.5 Å². The Morgan fingerprint density at radius 2 is 1.96 bits per heavy atom. The molecule has 0 aromatic heterocycles. The van der Waals surface area contributed by atoms with Gasteiger partial charge in [0, 0.05) is 14.8 Å². The van der Waals surface area contributed by atoms with Gasteiger partial charge in [-0.3, -0.25) is 4.79 Å². The Balaban J connectivity index is 1.71. The Hall–Kier alpha value is -1.87. The van der Waals surface area contributed by atoms with Crippen molar-refractivity contribution < 1.29 is 9.53 Å². The molecule has 0 aliphatic rings. The fourth-order valence-corrected chi connectivity index (χ4v) is 2.52. The molecule has 120 valence electrons. The fraction of sp³-hybridized carbons (Fsp3) is 0.125. The highest BCUT2D eigenvalue weighted by molar-refractivity contribution is 14.1. The summed E-state index contributed by atoms with van der Waals surface area (Å²) in [5.74, 6) is 0.379. The van der Waals surface area contributed by atoms with E-state index < -0.39 is 5.91 Å². The maximum Gasteiger partial charge on any atom is 0.248 e. The van der Waals surface area contributed by atoms with Gasteiger partial charge < -0.3 is 21.1 Å². The minimum Gasteiger partial charge on any atom is -0.492 e. The second kappa shape index (κ2) is 8.68. The third-order valence-electron chi connectivity index (χ3n) is 2.88. The van der Waals surface area contributed by atoms with Crippen LogP contribution in [-0.2, 0) is 0 Å². The number of nitrogens with one attached hydrogen (secondary N) is 2. The molecule has 2 rings (SSSR count). The molecule has 2 aromatic carbocycles. The zero-order valence-electron chi connectivity index (χ0n) is 12.2. The predicted octanol–water partition coefficient (Wildman–Crippen LogP) is 2.76. The largest absolute Gasteiger partial charge is 0.492 e. The Bertz CT molecular complexity index is 692. The molecular weight excluding hydrogens is 425 g/mol. The number of nitrogens with two attached hydrogens (primary N) is 1. The van der Waals surface area contributed by atoms with Crippen molar-refractivity contribution in [2.24, 2.45) is 5.73 Å². The molecule has 4 N–H and O–H groups in total. The average molecular weight is 441 g/mol. The lowest BCUT2D eigenvalue weighted by Crippen LogP contribution is -2.31. The van der Waals surface area contributed by atoms with Gasteiger partial charge in [0.2, 0.25) is 5.91 Å². The van der Waals surface area contributed by atoms with Crippen LogP contribution >= 0.6 is 34.8 Å². The van der Waals surface area contributed by atoms with Gasteiger partial charge in [0.05, 0.1) is 6.54 Å². The Morgan fingerprint density at radius 1 is 1.22 bits per heavy atom. The van der Waals surface area contributed by atoms with E-state index in [1.807, 2.05) is 24.3 Å².